The first-order valence-electron chi connectivity index (χ1n) is 9.24. The van der Waals surface area contributed by atoms with Crippen LogP contribution in [0, 0.1) is 5.92 Å². The van der Waals surface area contributed by atoms with Crippen LogP contribution in [0.2, 0.25) is 10.0 Å². The molecule has 0 unspecified atom stereocenters. The molecule has 0 atom stereocenters. The molecule has 1 aromatic carbocycles. The Bertz CT molecular complexity index is 958. The van der Waals surface area contributed by atoms with Crippen LogP contribution in [-0.2, 0) is 17.8 Å². The van der Waals surface area contributed by atoms with E-state index in [0.29, 0.717) is 33.5 Å². The number of hydrogen-bond donors (Lipinski definition) is 1. The van der Waals surface area contributed by atoms with E-state index >= 15 is 0 Å². The predicted octanol–water partition coefficient (Wildman–Crippen LogP) is 5.42. The van der Waals surface area contributed by atoms with Gasteiger partial charge in [-0.1, -0.05) is 54.9 Å². The lowest BCUT2D eigenvalue weighted by Crippen LogP contribution is -2.27. The number of halogens is 2. The average molecular weight is 469 g/mol. The third kappa shape index (κ3) is 6.22. The second kappa shape index (κ2) is 10.5. The zero-order valence-corrected chi connectivity index (χ0v) is 19.3. The molecule has 0 fully saturated rings. The number of amides is 1. The number of aromatic nitrogens is 3. The van der Waals surface area contributed by atoms with Gasteiger partial charge in [0, 0.05) is 28.6 Å². The van der Waals surface area contributed by atoms with Crippen molar-refractivity contribution < 1.29 is 4.79 Å². The molecule has 0 aliphatic heterocycles. The number of thioether (sulfide) groups is 1. The summed E-state index contributed by atoms with van der Waals surface area (Å²) in [6.45, 7) is 5.60. The largest absolute Gasteiger partial charge is 0.355 e. The number of benzene rings is 1. The minimum atomic E-state index is -0.0169. The average Bonchev–Trinajstić information content (AvgIpc) is 3.30. The molecule has 0 saturated heterocycles. The fourth-order valence-corrected chi connectivity index (χ4v) is 4.74. The van der Waals surface area contributed by atoms with E-state index in [4.69, 9.17) is 23.2 Å². The van der Waals surface area contributed by atoms with Crippen LogP contribution in [0.15, 0.2) is 40.9 Å². The Balaban J connectivity index is 1.67. The summed E-state index contributed by atoms with van der Waals surface area (Å²) in [5.74, 6) is 1.34. The Morgan fingerprint density at radius 1 is 1.28 bits per heavy atom. The summed E-state index contributed by atoms with van der Waals surface area (Å²) in [4.78, 5) is 13.5. The molecule has 1 N–H and O–H groups in total. The highest BCUT2D eigenvalue weighted by molar-refractivity contribution is 7.99. The van der Waals surface area contributed by atoms with E-state index in [9.17, 15) is 4.79 Å². The quantitative estimate of drug-likeness (QED) is 0.425. The first-order chi connectivity index (χ1) is 13.9. The number of carbonyl (C=O) groups excluding carboxylic acids is 1. The van der Waals surface area contributed by atoms with E-state index in [2.05, 4.69) is 35.4 Å². The van der Waals surface area contributed by atoms with Crippen LogP contribution < -0.4 is 5.32 Å². The van der Waals surface area contributed by atoms with E-state index in [1.165, 1.54) is 16.6 Å². The number of rotatable bonds is 9. The minimum Gasteiger partial charge on any atom is -0.355 e. The molecular weight excluding hydrogens is 447 g/mol. The second-order valence-corrected chi connectivity index (χ2v) is 9.72. The van der Waals surface area contributed by atoms with Gasteiger partial charge in [0.1, 0.15) is 0 Å². The van der Waals surface area contributed by atoms with E-state index in [1.54, 1.807) is 23.5 Å². The first kappa shape index (κ1) is 22.2. The molecule has 0 radical (unpaired) electrons. The molecule has 2 heterocycles. The smallest absolute Gasteiger partial charge is 0.230 e. The van der Waals surface area contributed by atoms with Crippen molar-refractivity contribution in [2.24, 2.45) is 5.92 Å². The highest BCUT2D eigenvalue weighted by atomic mass is 35.5. The van der Waals surface area contributed by atoms with Crippen LogP contribution in [0.1, 0.15) is 18.7 Å². The summed E-state index contributed by atoms with van der Waals surface area (Å²) in [6.07, 6.45) is 0.844. The van der Waals surface area contributed by atoms with E-state index < -0.39 is 0 Å². The summed E-state index contributed by atoms with van der Waals surface area (Å²) < 4.78 is 2.02. The van der Waals surface area contributed by atoms with Crippen molar-refractivity contribution in [2.75, 3.05) is 12.3 Å². The van der Waals surface area contributed by atoms with Gasteiger partial charge in [-0.25, -0.2) is 0 Å². The molecular formula is C20H22Cl2N4OS2. The summed E-state index contributed by atoms with van der Waals surface area (Å²) in [6, 6.07) is 9.41. The molecule has 0 aliphatic carbocycles. The van der Waals surface area contributed by atoms with Crippen LogP contribution in [0.4, 0.5) is 0 Å². The van der Waals surface area contributed by atoms with Gasteiger partial charge in [0.25, 0.3) is 0 Å². The van der Waals surface area contributed by atoms with Crippen molar-refractivity contribution in [1.29, 1.82) is 0 Å². The Hall–Kier alpha value is -1.54. The highest BCUT2D eigenvalue weighted by Crippen LogP contribution is 2.32. The third-order valence-electron chi connectivity index (χ3n) is 4.04. The molecule has 9 heteroatoms. The lowest BCUT2D eigenvalue weighted by atomic mass is 10.2. The second-order valence-electron chi connectivity index (χ2n) is 6.90. The van der Waals surface area contributed by atoms with Crippen molar-refractivity contribution in [1.82, 2.24) is 20.1 Å². The van der Waals surface area contributed by atoms with Crippen molar-refractivity contribution >= 4 is 52.2 Å². The lowest BCUT2D eigenvalue weighted by molar-refractivity contribution is -0.118. The number of nitrogens with zero attached hydrogens (tertiary/aromatic N) is 3. The fraction of sp³-hybridized carbons (Fsp3) is 0.350. The molecule has 3 aromatic rings. The minimum absolute atomic E-state index is 0.0169. The Kier molecular flexibility index (Phi) is 8.00. The van der Waals surface area contributed by atoms with Gasteiger partial charge in [-0.15, -0.1) is 21.5 Å². The normalized spacial score (nSPS) is 11.2. The molecule has 154 valence electrons. The topological polar surface area (TPSA) is 59.8 Å². The highest BCUT2D eigenvalue weighted by Gasteiger charge is 2.18. The van der Waals surface area contributed by atoms with Crippen molar-refractivity contribution in [2.45, 2.75) is 32.0 Å². The number of carbonyl (C=O) groups is 1. The van der Waals surface area contributed by atoms with E-state index in [0.717, 1.165) is 18.5 Å². The Labute approximate surface area is 188 Å². The standard InChI is InChI=1S/C20H22Cl2N4OS2/c1-13(2)11-26-19(16-6-5-14(21)10-17(16)22)24-25-20(26)29-12-18(27)23-8-7-15-4-3-9-28-15/h3-6,9-10,13H,7-8,11-12H2,1-2H3,(H,23,27). The molecule has 0 saturated carbocycles. The summed E-state index contributed by atoms with van der Waals surface area (Å²) >= 11 is 15.5. The molecule has 0 aliphatic rings. The van der Waals surface area contributed by atoms with Gasteiger partial charge in [-0.3, -0.25) is 4.79 Å². The monoisotopic (exact) mass is 468 g/mol. The van der Waals surface area contributed by atoms with Crippen molar-refractivity contribution in [3.63, 3.8) is 0 Å². The van der Waals surface area contributed by atoms with Gasteiger partial charge in [0.2, 0.25) is 5.91 Å². The summed E-state index contributed by atoms with van der Waals surface area (Å²) in [7, 11) is 0. The van der Waals surface area contributed by atoms with Gasteiger partial charge < -0.3 is 9.88 Å². The molecule has 1 amide bonds. The first-order valence-corrected chi connectivity index (χ1v) is 11.9. The van der Waals surface area contributed by atoms with E-state index in [1.807, 2.05) is 22.1 Å². The third-order valence-corrected chi connectivity index (χ3v) is 6.49. The van der Waals surface area contributed by atoms with Crippen LogP contribution >= 0.6 is 46.3 Å². The van der Waals surface area contributed by atoms with Gasteiger partial charge in [-0.05, 0) is 42.0 Å². The van der Waals surface area contributed by atoms with Gasteiger partial charge in [0.15, 0.2) is 11.0 Å². The maximum atomic E-state index is 12.2. The number of thiophene rings is 1. The van der Waals surface area contributed by atoms with Gasteiger partial charge >= 0.3 is 0 Å². The lowest BCUT2D eigenvalue weighted by Gasteiger charge is -2.13. The zero-order chi connectivity index (χ0) is 20.8. The van der Waals surface area contributed by atoms with Gasteiger partial charge in [-0.2, -0.15) is 0 Å². The van der Waals surface area contributed by atoms with E-state index in [-0.39, 0.29) is 11.7 Å². The van der Waals surface area contributed by atoms with Crippen molar-refractivity contribution in [3.8, 4) is 11.4 Å². The SMILES string of the molecule is CC(C)Cn1c(SCC(=O)NCCc2cccs2)nnc1-c1ccc(Cl)cc1Cl. The maximum absolute atomic E-state index is 12.2. The molecule has 0 spiro atoms. The van der Waals surface area contributed by atoms with Crippen LogP contribution in [-0.4, -0.2) is 33.0 Å². The fourth-order valence-electron chi connectivity index (χ4n) is 2.76. The van der Waals surface area contributed by atoms with Crippen LogP contribution in [0.25, 0.3) is 11.4 Å². The molecule has 0 bridgehead atoms. The summed E-state index contributed by atoms with van der Waals surface area (Å²) in [5.41, 5.74) is 0.775. The molecule has 2 aromatic heterocycles. The number of hydrogen-bond acceptors (Lipinski definition) is 5. The molecule has 29 heavy (non-hydrogen) atoms. The van der Waals surface area contributed by atoms with Crippen LogP contribution in [0.5, 0.6) is 0 Å². The maximum Gasteiger partial charge on any atom is 0.230 e. The van der Waals surface area contributed by atoms with Crippen LogP contribution in [0.3, 0.4) is 0 Å². The molecule has 5 nitrogen and oxygen atoms in total. The Morgan fingerprint density at radius 2 is 2.10 bits per heavy atom. The Morgan fingerprint density at radius 3 is 2.79 bits per heavy atom. The summed E-state index contributed by atoms with van der Waals surface area (Å²) in [5, 5.41) is 15.4. The van der Waals surface area contributed by atoms with Crippen molar-refractivity contribution in [3.05, 3.63) is 50.6 Å². The molecule has 3 rings (SSSR count). The zero-order valence-electron chi connectivity index (χ0n) is 16.2. The number of nitrogens with one attached hydrogen (secondary N) is 1. The van der Waals surface area contributed by atoms with Gasteiger partial charge in [0.05, 0.1) is 10.8 Å². The predicted molar refractivity (Wildman–Crippen MR) is 122 cm³/mol.